The van der Waals surface area contributed by atoms with Gasteiger partial charge in [0.05, 0.1) is 11.1 Å². The quantitative estimate of drug-likeness (QED) is 0.618. The number of carbonyl (C=O) groups excluding carboxylic acids is 2. The summed E-state index contributed by atoms with van der Waals surface area (Å²) >= 11 is 0. The van der Waals surface area contributed by atoms with E-state index in [0.29, 0.717) is 12.1 Å². The lowest BCUT2D eigenvalue weighted by molar-refractivity contribution is -0.143. The minimum atomic E-state index is -5.04. The molecule has 1 rings (SSSR count). The van der Waals surface area contributed by atoms with E-state index in [-0.39, 0.29) is 12.6 Å². The molecule has 0 aliphatic heterocycles. The molecule has 5 nitrogen and oxygen atoms in total. The molecule has 1 aromatic carbocycles. The summed E-state index contributed by atoms with van der Waals surface area (Å²) in [4.78, 5) is 22.5. The van der Waals surface area contributed by atoms with Crippen molar-refractivity contribution in [3.63, 3.8) is 0 Å². The molecule has 0 aromatic heterocycles. The number of rotatable bonds is 5. The van der Waals surface area contributed by atoms with Crippen LogP contribution in [0.5, 0.6) is 5.75 Å². The van der Waals surface area contributed by atoms with Gasteiger partial charge in [0.2, 0.25) is 0 Å². The number of imide groups is 1. The monoisotopic (exact) mass is 370 g/mol. The van der Waals surface area contributed by atoms with Crippen LogP contribution in [0.2, 0.25) is 0 Å². The Morgan fingerprint density at radius 2 is 1.56 bits per heavy atom. The molecule has 138 valence electrons. The third-order valence-electron chi connectivity index (χ3n) is 2.59. The predicted molar refractivity (Wildman–Crippen MR) is 73.7 cm³/mol. The van der Waals surface area contributed by atoms with E-state index in [1.165, 1.54) is 6.08 Å². The largest absolute Gasteiger partial charge is 0.484 e. The molecule has 11 heteroatoms. The first-order valence-electron chi connectivity index (χ1n) is 6.54. The van der Waals surface area contributed by atoms with Crippen LogP contribution in [-0.2, 0) is 17.1 Å². The average Bonchev–Trinajstić information content (AvgIpc) is 2.49. The number of ether oxygens (including phenoxy) is 1. The van der Waals surface area contributed by atoms with Crippen molar-refractivity contribution in [3.05, 3.63) is 42.0 Å². The number of nitrogens with one attached hydrogen (secondary N) is 2. The highest BCUT2D eigenvalue weighted by molar-refractivity contribution is 5.95. The van der Waals surface area contributed by atoms with Gasteiger partial charge in [-0.05, 0) is 18.2 Å². The number of carbonyl (C=O) groups is 2. The summed E-state index contributed by atoms with van der Waals surface area (Å²) in [5.74, 6) is -1.88. The minimum Gasteiger partial charge on any atom is -0.484 e. The standard InChI is InChI=1S/C14H12F6N2O3/c1-2-3-21-12(24)22-11(23)7-25-10-5-8(13(15,16)17)4-9(6-10)14(18,19)20/h2,4-6H,1,3,7H2,(H2,21,22,23,24). The highest BCUT2D eigenvalue weighted by atomic mass is 19.4. The number of hydrogen-bond donors (Lipinski definition) is 2. The zero-order valence-corrected chi connectivity index (χ0v) is 12.4. The Balaban J connectivity index is 2.86. The Hall–Kier alpha value is -2.72. The smallest absolute Gasteiger partial charge is 0.416 e. The van der Waals surface area contributed by atoms with E-state index in [9.17, 15) is 35.9 Å². The molecule has 0 atom stereocenters. The van der Waals surface area contributed by atoms with Gasteiger partial charge in [-0.3, -0.25) is 10.1 Å². The lowest BCUT2D eigenvalue weighted by Crippen LogP contribution is -2.41. The molecule has 1 aromatic rings. The van der Waals surface area contributed by atoms with Crippen LogP contribution >= 0.6 is 0 Å². The highest BCUT2D eigenvalue weighted by Crippen LogP contribution is 2.38. The molecule has 25 heavy (non-hydrogen) atoms. The molecular weight excluding hydrogens is 358 g/mol. The Labute approximate surface area is 137 Å². The Bertz CT molecular complexity index is 623. The van der Waals surface area contributed by atoms with Crippen LogP contribution in [0.25, 0.3) is 0 Å². The van der Waals surface area contributed by atoms with Gasteiger partial charge >= 0.3 is 18.4 Å². The van der Waals surface area contributed by atoms with Gasteiger partial charge in [0.25, 0.3) is 5.91 Å². The van der Waals surface area contributed by atoms with Crippen molar-refractivity contribution in [2.75, 3.05) is 13.2 Å². The van der Waals surface area contributed by atoms with E-state index in [0.717, 1.165) is 0 Å². The molecule has 0 spiro atoms. The van der Waals surface area contributed by atoms with E-state index in [1.54, 1.807) is 5.32 Å². The summed E-state index contributed by atoms with van der Waals surface area (Å²) < 4.78 is 80.6. The Kier molecular flexibility index (Phi) is 6.42. The molecule has 0 aliphatic rings. The van der Waals surface area contributed by atoms with Crippen LogP contribution in [0, 0.1) is 0 Å². The van der Waals surface area contributed by atoms with Crippen LogP contribution in [0.15, 0.2) is 30.9 Å². The fourth-order valence-electron chi connectivity index (χ4n) is 1.53. The van der Waals surface area contributed by atoms with Gasteiger partial charge in [0, 0.05) is 6.54 Å². The van der Waals surface area contributed by atoms with Gasteiger partial charge in [-0.15, -0.1) is 6.58 Å². The van der Waals surface area contributed by atoms with Crippen LogP contribution in [0.3, 0.4) is 0 Å². The van der Waals surface area contributed by atoms with Crippen molar-refractivity contribution in [3.8, 4) is 5.75 Å². The lowest BCUT2D eigenvalue weighted by Gasteiger charge is -2.14. The molecule has 0 radical (unpaired) electrons. The molecule has 3 amide bonds. The molecule has 2 N–H and O–H groups in total. The second kappa shape index (κ2) is 7.90. The molecular formula is C14H12F6N2O3. The summed E-state index contributed by atoms with van der Waals surface area (Å²) in [7, 11) is 0. The fourth-order valence-corrected chi connectivity index (χ4v) is 1.53. The van der Waals surface area contributed by atoms with Crippen molar-refractivity contribution < 1.29 is 40.7 Å². The van der Waals surface area contributed by atoms with Crippen molar-refractivity contribution in [1.29, 1.82) is 0 Å². The second-order valence-corrected chi connectivity index (χ2v) is 4.58. The first-order valence-corrected chi connectivity index (χ1v) is 6.54. The number of hydrogen-bond acceptors (Lipinski definition) is 3. The lowest BCUT2D eigenvalue weighted by atomic mass is 10.1. The molecule has 0 saturated heterocycles. The van der Waals surface area contributed by atoms with E-state index in [4.69, 9.17) is 0 Å². The third kappa shape index (κ3) is 6.73. The zero-order chi connectivity index (χ0) is 19.3. The number of halogens is 6. The maximum atomic E-state index is 12.7. The van der Waals surface area contributed by atoms with Gasteiger partial charge < -0.3 is 10.1 Å². The molecule has 0 fully saturated rings. The zero-order valence-electron chi connectivity index (χ0n) is 12.4. The molecule has 0 unspecified atom stereocenters. The number of alkyl halides is 6. The number of urea groups is 1. The van der Waals surface area contributed by atoms with Gasteiger partial charge in [-0.25, -0.2) is 4.79 Å². The average molecular weight is 370 g/mol. The number of amides is 3. The topological polar surface area (TPSA) is 67.4 Å². The van der Waals surface area contributed by atoms with Gasteiger partial charge in [-0.1, -0.05) is 6.08 Å². The summed E-state index contributed by atoms with van der Waals surface area (Å²) in [6.07, 6.45) is -8.75. The van der Waals surface area contributed by atoms with Gasteiger partial charge in [0.1, 0.15) is 5.75 Å². The van der Waals surface area contributed by atoms with Crippen LogP contribution in [0.4, 0.5) is 31.1 Å². The van der Waals surface area contributed by atoms with E-state index >= 15 is 0 Å². The van der Waals surface area contributed by atoms with Crippen LogP contribution in [0.1, 0.15) is 11.1 Å². The number of benzene rings is 1. The molecule has 0 bridgehead atoms. The van der Waals surface area contributed by atoms with Crippen molar-refractivity contribution in [2.45, 2.75) is 12.4 Å². The molecule has 0 heterocycles. The first kappa shape index (κ1) is 20.3. The van der Waals surface area contributed by atoms with E-state index < -0.39 is 47.8 Å². The van der Waals surface area contributed by atoms with Crippen molar-refractivity contribution in [1.82, 2.24) is 10.6 Å². The summed E-state index contributed by atoms with van der Waals surface area (Å²) in [5, 5.41) is 3.95. The molecule has 0 saturated carbocycles. The van der Waals surface area contributed by atoms with Gasteiger partial charge in [-0.2, -0.15) is 26.3 Å². The minimum absolute atomic E-state index is 0.0442. The normalized spacial score (nSPS) is 11.6. The predicted octanol–water partition coefficient (Wildman–Crippen LogP) is 3.11. The third-order valence-corrected chi connectivity index (χ3v) is 2.59. The van der Waals surface area contributed by atoms with Crippen molar-refractivity contribution in [2.24, 2.45) is 0 Å². The van der Waals surface area contributed by atoms with Crippen LogP contribution in [-0.4, -0.2) is 25.1 Å². The highest BCUT2D eigenvalue weighted by Gasteiger charge is 2.37. The fraction of sp³-hybridized carbons (Fsp3) is 0.286. The molecule has 0 aliphatic carbocycles. The van der Waals surface area contributed by atoms with E-state index in [1.807, 2.05) is 0 Å². The summed E-state index contributed by atoms with van der Waals surface area (Å²) in [6.45, 7) is 2.39. The maximum absolute atomic E-state index is 12.7. The maximum Gasteiger partial charge on any atom is 0.416 e. The van der Waals surface area contributed by atoms with E-state index in [2.05, 4.69) is 16.6 Å². The summed E-state index contributed by atoms with van der Waals surface area (Å²) in [5.41, 5.74) is -3.16. The van der Waals surface area contributed by atoms with Gasteiger partial charge in [0.15, 0.2) is 6.61 Å². The Morgan fingerprint density at radius 3 is 2.00 bits per heavy atom. The Morgan fingerprint density at radius 1 is 1.04 bits per heavy atom. The summed E-state index contributed by atoms with van der Waals surface area (Å²) in [6, 6.07) is -0.357. The SMILES string of the molecule is C=CCNC(=O)NC(=O)COc1cc(C(F)(F)F)cc(C(F)(F)F)c1. The first-order chi connectivity index (χ1) is 11.4. The van der Waals surface area contributed by atoms with Crippen LogP contribution < -0.4 is 15.4 Å². The van der Waals surface area contributed by atoms with Crippen molar-refractivity contribution >= 4 is 11.9 Å². The second-order valence-electron chi connectivity index (χ2n) is 4.58.